The quantitative estimate of drug-likeness (QED) is 0.140. The summed E-state index contributed by atoms with van der Waals surface area (Å²) in [6, 6.07) is 25.0. The fourth-order valence-corrected chi connectivity index (χ4v) is 3.25. The Bertz CT molecular complexity index is 675. The Morgan fingerprint density at radius 3 is 0.568 bits per heavy atom. The molecular weight excluding hydrogens is 1630 g/mol. The van der Waals surface area contributed by atoms with Crippen LogP contribution in [0.25, 0.3) is 0 Å². The summed E-state index contributed by atoms with van der Waals surface area (Å²) in [4.78, 5) is 0. The van der Waals surface area contributed by atoms with E-state index in [9.17, 15) is 0 Å². The number of hydrogen-bond donors (Lipinski definition) is 0. The van der Waals surface area contributed by atoms with Gasteiger partial charge in [-0.1, -0.05) is 72.9 Å². The van der Waals surface area contributed by atoms with E-state index in [1.807, 2.05) is 60.7 Å². The van der Waals surface area contributed by atoms with Crippen LogP contribution in [0.5, 0.6) is 0 Å². The Hall–Kier alpha value is 2.05. The first-order valence-electron chi connectivity index (χ1n) is 14.2. The first kappa shape index (κ1) is 52.9. The normalized spacial score (nSPS) is 16.3. The maximum Gasteiger partial charge on any atom is 2.00 e. The summed E-state index contributed by atoms with van der Waals surface area (Å²) in [5.74, 6) is 0. The second kappa shape index (κ2) is 54.5. The van der Waals surface area contributed by atoms with Gasteiger partial charge in [-0.05, 0) is 77.0 Å². The van der Waals surface area contributed by atoms with Crippen molar-refractivity contribution < 1.29 is 67.8 Å². The zero-order valence-corrected chi connectivity index (χ0v) is 41.5. The molecule has 0 aromatic heterocycles. The monoisotopic (exact) mass is 1670 g/mol. The van der Waals surface area contributed by atoms with Gasteiger partial charge in [-0.15, -0.1) is 0 Å². The second-order valence-corrected chi connectivity index (χ2v) is 35.1. The van der Waals surface area contributed by atoms with E-state index >= 15 is 0 Å². The Labute approximate surface area is 350 Å². The standard InChI is InChI=1S/3C8H12.2C6H5.2BrH.2HI.4Pt/c3*1-2-4-6-8-7-5-3-1;2*1-2-4-6-5-3-1;;;;;;;;/h3*1-2,7-8H,3-6H2;2*1-5H;4*1H;;;;/q;;;2*-1;;;;;4*+2/p-4/b3*2-1-,8-7?;;;;;;;;;;. The molecule has 0 N–H and O–H groups in total. The van der Waals surface area contributed by atoms with Crippen molar-refractivity contribution in [3.63, 3.8) is 0 Å². The number of halogens is 4. The molecule has 0 radical (unpaired) electrons. The van der Waals surface area contributed by atoms with Crippen LogP contribution in [-0.2, 0) is 67.8 Å². The third-order valence-electron chi connectivity index (χ3n) is 5.21. The largest absolute Gasteiger partial charge is 2.00 e. The molecule has 44 heavy (non-hydrogen) atoms. The molecule has 5 rings (SSSR count). The fraction of sp³-hybridized carbons (Fsp3) is 0.333. The van der Waals surface area contributed by atoms with Crippen molar-refractivity contribution in [1.82, 2.24) is 0 Å². The average Bonchev–Trinajstić information content (AvgIpc) is 2.96. The molecule has 0 fully saturated rings. The van der Waals surface area contributed by atoms with Crippen LogP contribution in [-0.4, -0.2) is 0 Å². The molecule has 0 amide bonds. The SMILES string of the molecule is C1=CCC/C=C\CC1.C1=CCC/C=C\CC1.C1=CCC/C=C\CC1.[Br][Pt][Br].[I][Pt][I].[Pt+2].[Pt+2].[c-]1ccccc1.[c-]1ccccc1. The Balaban J connectivity index is -0.000000216. The van der Waals surface area contributed by atoms with E-state index in [4.69, 9.17) is 0 Å². The van der Waals surface area contributed by atoms with Gasteiger partial charge in [-0.25, -0.2) is 0 Å². The van der Waals surface area contributed by atoms with Crippen molar-refractivity contribution in [1.29, 1.82) is 0 Å². The summed E-state index contributed by atoms with van der Waals surface area (Å²) in [6.07, 6.45) is 42.0. The predicted molar refractivity (Wildman–Crippen MR) is 207 cm³/mol. The van der Waals surface area contributed by atoms with Crippen LogP contribution in [0.15, 0.2) is 134 Å². The summed E-state index contributed by atoms with van der Waals surface area (Å²) in [6.45, 7) is 0. The molecule has 3 aliphatic rings. The van der Waals surface area contributed by atoms with Crippen molar-refractivity contribution in [2.45, 2.75) is 77.0 Å². The van der Waals surface area contributed by atoms with Gasteiger partial charge in [0.2, 0.25) is 0 Å². The molecule has 3 aliphatic carbocycles. The van der Waals surface area contributed by atoms with E-state index in [1.165, 1.54) is 77.0 Å². The molecule has 0 heterocycles. The third kappa shape index (κ3) is 56.4. The molecule has 0 saturated carbocycles. The predicted octanol–water partition coefficient (Wildman–Crippen LogP) is 14.4. The Morgan fingerprint density at radius 2 is 0.500 bits per heavy atom. The van der Waals surface area contributed by atoms with E-state index in [1.54, 1.807) is 0 Å². The van der Waals surface area contributed by atoms with Crippen LogP contribution in [0.2, 0.25) is 0 Å². The summed E-state index contributed by atoms with van der Waals surface area (Å²) < 4.78 is 0. The number of allylic oxidation sites excluding steroid dienone is 12. The fourth-order valence-electron chi connectivity index (χ4n) is 3.25. The molecule has 0 saturated heterocycles. The molecule has 2 aromatic carbocycles. The maximum absolute atomic E-state index is 3.17. The van der Waals surface area contributed by atoms with Gasteiger partial charge in [0.1, 0.15) is 0 Å². The molecule has 0 nitrogen and oxygen atoms in total. The van der Waals surface area contributed by atoms with Crippen molar-refractivity contribution >= 4 is 65.3 Å². The van der Waals surface area contributed by atoms with Gasteiger partial charge in [0.05, 0.1) is 0 Å². The Morgan fingerprint density at radius 1 is 0.364 bits per heavy atom. The van der Waals surface area contributed by atoms with Crippen molar-refractivity contribution in [2.24, 2.45) is 0 Å². The van der Waals surface area contributed by atoms with Crippen LogP contribution in [0.3, 0.4) is 0 Å². The first-order valence-corrected chi connectivity index (χ1v) is 37.0. The van der Waals surface area contributed by atoms with E-state index in [0.29, 0.717) is 11.2 Å². The molecule has 0 spiro atoms. The van der Waals surface area contributed by atoms with Crippen LogP contribution >= 0.6 is 65.3 Å². The maximum atomic E-state index is 3.17. The summed E-state index contributed by atoms with van der Waals surface area (Å²) >= 11 is 11.9. The molecule has 0 bridgehead atoms. The molecule has 2 aromatic rings. The summed E-state index contributed by atoms with van der Waals surface area (Å²) in [5.41, 5.74) is 0. The molecule has 8 heteroatoms. The average molecular weight is 1670 g/mol. The van der Waals surface area contributed by atoms with Crippen LogP contribution in [0.1, 0.15) is 77.0 Å². The van der Waals surface area contributed by atoms with Gasteiger partial charge in [0.15, 0.2) is 0 Å². The molecule has 256 valence electrons. The van der Waals surface area contributed by atoms with Crippen molar-refractivity contribution in [2.75, 3.05) is 0 Å². The van der Waals surface area contributed by atoms with Gasteiger partial charge in [-0.3, -0.25) is 0 Å². The van der Waals surface area contributed by atoms with Gasteiger partial charge >= 0.3 is 133 Å². The number of hydrogen-bond acceptors (Lipinski definition) is 0. The Kier molecular flexibility index (Phi) is 65.5. The van der Waals surface area contributed by atoms with E-state index in [0.717, 1.165) is 0 Å². The summed E-state index contributed by atoms with van der Waals surface area (Å²) in [5, 5.41) is 0. The van der Waals surface area contributed by atoms with Crippen molar-refractivity contribution in [3.8, 4) is 0 Å². The van der Waals surface area contributed by atoms with Crippen LogP contribution in [0.4, 0.5) is 0 Å². The minimum atomic E-state index is 0. The zero-order valence-electron chi connectivity index (χ0n) is 25.0. The topological polar surface area (TPSA) is 0 Å². The number of benzene rings is 2. The van der Waals surface area contributed by atoms with Gasteiger partial charge < -0.3 is 0 Å². The summed E-state index contributed by atoms with van der Waals surface area (Å²) in [7, 11) is 0. The van der Waals surface area contributed by atoms with E-state index in [2.05, 4.69) is 150 Å². The molecule has 0 unspecified atom stereocenters. The van der Waals surface area contributed by atoms with E-state index in [-0.39, 0.29) is 56.6 Å². The minimum absolute atomic E-state index is 0. The van der Waals surface area contributed by atoms with Gasteiger partial charge in [-0.2, -0.15) is 72.8 Å². The van der Waals surface area contributed by atoms with Gasteiger partial charge in [0, 0.05) is 0 Å². The molecule has 0 aliphatic heterocycles. The first-order chi connectivity index (χ1) is 20.8. The van der Waals surface area contributed by atoms with E-state index < -0.39 is 0 Å². The second-order valence-electron chi connectivity index (χ2n) is 8.54. The molecular formula is C36H46Br2I2Pt4+2. The molecule has 0 atom stereocenters. The zero-order chi connectivity index (χ0) is 30.9. The third-order valence-corrected chi connectivity index (χ3v) is 5.21. The van der Waals surface area contributed by atoms with Gasteiger partial charge in [0.25, 0.3) is 0 Å². The minimum Gasteiger partial charge on any atom is -0.184 e. The smallest absolute Gasteiger partial charge is 0.184 e. The van der Waals surface area contributed by atoms with Crippen LogP contribution < -0.4 is 0 Å². The number of rotatable bonds is 0. The van der Waals surface area contributed by atoms with Crippen LogP contribution in [0, 0.1) is 12.1 Å². The van der Waals surface area contributed by atoms with Crippen molar-refractivity contribution in [3.05, 3.63) is 146 Å².